The Labute approximate surface area is 130 Å². The number of hydrogen-bond acceptors (Lipinski definition) is 2. The molecule has 21 heavy (non-hydrogen) atoms. The Morgan fingerprint density at radius 3 is 3.00 bits per heavy atom. The zero-order valence-corrected chi connectivity index (χ0v) is 13.0. The van der Waals surface area contributed by atoms with Gasteiger partial charge in [-0.3, -0.25) is 0 Å². The average Bonchev–Trinajstić information content (AvgIpc) is 2.96. The van der Waals surface area contributed by atoms with E-state index in [2.05, 4.69) is 31.2 Å². The van der Waals surface area contributed by atoms with E-state index >= 15 is 0 Å². The number of fused-ring (bicyclic) bond motifs is 1. The summed E-state index contributed by atoms with van der Waals surface area (Å²) in [5.74, 6) is 2.44. The van der Waals surface area contributed by atoms with Crippen molar-refractivity contribution in [3.05, 3.63) is 58.7 Å². The van der Waals surface area contributed by atoms with Gasteiger partial charge in [0.2, 0.25) is 0 Å². The zero-order chi connectivity index (χ0) is 14.7. The first-order chi connectivity index (χ1) is 10.3. The molecule has 0 radical (unpaired) electrons. The highest BCUT2D eigenvalue weighted by atomic mass is 35.5. The smallest absolute Gasteiger partial charge is 0.126 e. The summed E-state index contributed by atoms with van der Waals surface area (Å²) in [6.45, 7) is 3.52. The number of benzene rings is 2. The largest absolute Gasteiger partial charge is 0.493 e. The quantitative estimate of drug-likeness (QED) is 0.767. The Kier molecular flexibility index (Phi) is 4.35. The van der Waals surface area contributed by atoms with Gasteiger partial charge in [0.15, 0.2) is 0 Å². The summed E-state index contributed by atoms with van der Waals surface area (Å²) in [5, 5.41) is 0. The maximum absolute atomic E-state index is 5.97. The number of alkyl halides is 1. The third-order valence-electron chi connectivity index (χ3n) is 3.83. The Morgan fingerprint density at radius 1 is 1.24 bits per heavy atom. The van der Waals surface area contributed by atoms with Crippen molar-refractivity contribution in [2.75, 3.05) is 13.2 Å². The van der Waals surface area contributed by atoms with Gasteiger partial charge in [0.05, 0.1) is 19.1 Å². The molecule has 2 aromatic rings. The minimum atomic E-state index is 0.479. The summed E-state index contributed by atoms with van der Waals surface area (Å²) in [6, 6.07) is 12.5. The van der Waals surface area contributed by atoms with Crippen molar-refractivity contribution in [1.82, 2.24) is 0 Å². The third kappa shape index (κ3) is 3.16. The van der Waals surface area contributed by atoms with Crippen LogP contribution >= 0.6 is 11.6 Å². The molecule has 0 aromatic heterocycles. The van der Waals surface area contributed by atoms with E-state index in [1.807, 2.05) is 12.1 Å². The van der Waals surface area contributed by atoms with Gasteiger partial charge < -0.3 is 9.47 Å². The lowest BCUT2D eigenvalue weighted by Gasteiger charge is -2.13. The summed E-state index contributed by atoms with van der Waals surface area (Å²) in [7, 11) is 0. The van der Waals surface area contributed by atoms with Gasteiger partial charge in [-0.05, 0) is 29.7 Å². The molecule has 3 rings (SSSR count). The molecule has 110 valence electrons. The summed E-state index contributed by atoms with van der Waals surface area (Å²) in [4.78, 5) is 0. The summed E-state index contributed by atoms with van der Waals surface area (Å²) in [6.07, 6.45) is 1.90. The van der Waals surface area contributed by atoms with E-state index < -0.39 is 0 Å². The molecule has 0 saturated heterocycles. The first kappa shape index (κ1) is 14.3. The predicted octanol–water partition coefficient (Wildman–Crippen LogP) is 4.29. The van der Waals surface area contributed by atoms with Crippen LogP contribution in [0.4, 0.5) is 0 Å². The van der Waals surface area contributed by atoms with E-state index in [0.29, 0.717) is 12.5 Å². The van der Waals surface area contributed by atoms with Crippen molar-refractivity contribution in [2.45, 2.75) is 25.6 Å². The number of para-hydroxylation sites is 1. The van der Waals surface area contributed by atoms with Gasteiger partial charge in [-0.25, -0.2) is 0 Å². The molecular weight excluding hydrogens is 284 g/mol. The molecule has 1 aliphatic rings. The van der Waals surface area contributed by atoms with Crippen LogP contribution < -0.4 is 9.47 Å². The normalized spacial score (nSPS) is 12.9. The SMILES string of the molecule is Cc1cccc(CCl)c1OCCc1ccc2c(c1)CCO2. The first-order valence-electron chi connectivity index (χ1n) is 7.30. The van der Waals surface area contributed by atoms with Gasteiger partial charge in [0.1, 0.15) is 11.5 Å². The van der Waals surface area contributed by atoms with Crippen molar-refractivity contribution in [2.24, 2.45) is 0 Å². The highest BCUT2D eigenvalue weighted by molar-refractivity contribution is 6.17. The number of ether oxygens (including phenoxy) is 2. The molecule has 3 heteroatoms. The standard InChI is InChI=1S/C18H19ClO2/c1-13-3-2-4-16(12-19)18(13)21-9-7-14-5-6-17-15(11-14)8-10-20-17/h2-6,11H,7-10,12H2,1H3. The van der Waals surface area contributed by atoms with E-state index in [1.54, 1.807) is 0 Å². The molecule has 0 unspecified atom stereocenters. The molecular formula is C18H19ClO2. The van der Waals surface area contributed by atoms with Crippen LogP contribution in [0.15, 0.2) is 36.4 Å². The molecule has 0 amide bonds. The summed E-state index contributed by atoms with van der Waals surface area (Å²) in [5.41, 5.74) is 4.79. The lowest BCUT2D eigenvalue weighted by Crippen LogP contribution is -2.04. The topological polar surface area (TPSA) is 18.5 Å². The molecule has 0 saturated carbocycles. The van der Waals surface area contributed by atoms with Crippen LogP contribution in [-0.2, 0) is 18.7 Å². The van der Waals surface area contributed by atoms with Gasteiger partial charge in [-0.2, -0.15) is 0 Å². The van der Waals surface area contributed by atoms with Gasteiger partial charge in [0.25, 0.3) is 0 Å². The number of rotatable bonds is 5. The second kappa shape index (κ2) is 6.40. The molecule has 0 N–H and O–H groups in total. The fraction of sp³-hybridized carbons (Fsp3) is 0.333. The second-order valence-corrected chi connectivity index (χ2v) is 5.60. The monoisotopic (exact) mass is 302 g/mol. The van der Waals surface area contributed by atoms with E-state index in [4.69, 9.17) is 21.1 Å². The molecule has 1 aliphatic heterocycles. The maximum Gasteiger partial charge on any atom is 0.126 e. The Hall–Kier alpha value is -1.67. The van der Waals surface area contributed by atoms with E-state index in [1.165, 1.54) is 11.1 Å². The van der Waals surface area contributed by atoms with Crippen LogP contribution in [-0.4, -0.2) is 13.2 Å². The van der Waals surface area contributed by atoms with Crippen molar-refractivity contribution >= 4 is 11.6 Å². The van der Waals surface area contributed by atoms with Crippen molar-refractivity contribution in [1.29, 1.82) is 0 Å². The van der Waals surface area contributed by atoms with Gasteiger partial charge >= 0.3 is 0 Å². The van der Waals surface area contributed by atoms with Crippen molar-refractivity contribution < 1.29 is 9.47 Å². The first-order valence-corrected chi connectivity index (χ1v) is 7.83. The molecule has 0 fully saturated rings. The van der Waals surface area contributed by atoms with Crippen LogP contribution in [0.2, 0.25) is 0 Å². The van der Waals surface area contributed by atoms with Gasteiger partial charge in [0, 0.05) is 18.4 Å². The highest BCUT2D eigenvalue weighted by Gasteiger charge is 2.12. The molecule has 1 heterocycles. The predicted molar refractivity (Wildman–Crippen MR) is 85.6 cm³/mol. The Bertz CT molecular complexity index is 637. The Morgan fingerprint density at radius 2 is 2.14 bits per heavy atom. The number of hydrogen-bond donors (Lipinski definition) is 0. The number of aryl methyl sites for hydroxylation is 1. The Balaban J connectivity index is 1.64. The minimum Gasteiger partial charge on any atom is -0.493 e. The molecule has 2 nitrogen and oxygen atoms in total. The van der Waals surface area contributed by atoms with E-state index in [-0.39, 0.29) is 0 Å². The van der Waals surface area contributed by atoms with Gasteiger partial charge in [-0.15, -0.1) is 11.6 Å². The fourth-order valence-corrected chi connectivity index (χ4v) is 2.90. The van der Waals surface area contributed by atoms with Crippen molar-refractivity contribution in [3.63, 3.8) is 0 Å². The van der Waals surface area contributed by atoms with Crippen LogP contribution in [0.5, 0.6) is 11.5 Å². The lowest BCUT2D eigenvalue weighted by molar-refractivity contribution is 0.317. The summed E-state index contributed by atoms with van der Waals surface area (Å²) >= 11 is 5.97. The molecule has 0 bridgehead atoms. The number of halogens is 1. The van der Waals surface area contributed by atoms with E-state index in [9.17, 15) is 0 Å². The lowest BCUT2D eigenvalue weighted by atomic mass is 10.1. The zero-order valence-electron chi connectivity index (χ0n) is 12.2. The molecule has 0 aliphatic carbocycles. The van der Waals surface area contributed by atoms with E-state index in [0.717, 1.165) is 42.1 Å². The summed E-state index contributed by atoms with van der Waals surface area (Å²) < 4.78 is 11.5. The minimum absolute atomic E-state index is 0.479. The fourth-order valence-electron chi connectivity index (χ4n) is 2.69. The highest BCUT2D eigenvalue weighted by Crippen LogP contribution is 2.27. The maximum atomic E-state index is 5.97. The molecule has 0 atom stereocenters. The second-order valence-electron chi connectivity index (χ2n) is 5.34. The van der Waals surface area contributed by atoms with Crippen molar-refractivity contribution in [3.8, 4) is 11.5 Å². The van der Waals surface area contributed by atoms with Gasteiger partial charge in [-0.1, -0.05) is 30.3 Å². The third-order valence-corrected chi connectivity index (χ3v) is 4.12. The molecule has 2 aromatic carbocycles. The van der Waals surface area contributed by atoms with Crippen LogP contribution in [0.25, 0.3) is 0 Å². The molecule has 0 spiro atoms. The van der Waals surface area contributed by atoms with Crippen LogP contribution in [0.1, 0.15) is 22.3 Å². The van der Waals surface area contributed by atoms with Crippen LogP contribution in [0, 0.1) is 6.92 Å². The average molecular weight is 303 g/mol. The van der Waals surface area contributed by atoms with Crippen LogP contribution in [0.3, 0.4) is 0 Å².